The number of nitrogens with one attached hydrogen (secondary N) is 2. The Balaban J connectivity index is 1.88. The van der Waals surface area contributed by atoms with Crippen LogP contribution in [0.5, 0.6) is 0 Å². The number of nitrogens with zero attached hydrogens (tertiary/aromatic N) is 1. The molecule has 0 spiro atoms. The first-order valence-corrected chi connectivity index (χ1v) is 5.06. The van der Waals surface area contributed by atoms with E-state index in [0.29, 0.717) is 6.54 Å². The van der Waals surface area contributed by atoms with Crippen molar-refractivity contribution in [1.82, 2.24) is 15.5 Å². The highest BCUT2D eigenvalue weighted by atomic mass is 16.2. The fourth-order valence-corrected chi connectivity index (χ4v) is 1.90. The van der Waals surface area contributed by atoms with Gasteiger partial charge in [-0.3, -0.25) is 14.9 Å². The van der Waals surface area contributed by atoms with Crippen molar-refractivity contribution in [2.75, 3.05) is 26.2 Å². The average Bonchev–Trinajstić information content (AvgIpc) is 2.71. The molecule has 2 aliphatic rings. The van der Waals surface area contributed by atoms with Crippen molar-refractivity contribution >= 4 is 11.8 Å². The van der Waals surface area contributed by atoms with E-state index in [0.717, 1.165) is 25.9 Å². The minimum Gasteiger partial charge on any atom is -0.353 e. The Hall–Kier alpha value is -1.10. The zero-order valence-electron chi connectivity index (χ0n) is 8.08. The Kier molecular flexibility index (Phi) is 2.67. The van der Waals surface area contributed by atoms with Gasteiger partial charge in [0, 0.05) is 19.6 Å². The van der Waals surface area contributed by atoms with Crippen molar-refractivity contribution in [2.45, 2.75) is 18.9 Å². The molecule has 0 radical (unpaired) electrons. The summed E-state index contributed by atoms with van der Waals surface area (Å²) >= 11 is 0. The van der Waals surface area contributed by atoms with Crippen molar-refractivity contribution in [1.29, 1.82) is 0 Å². The maximum Gasteiger partial charge on any atom is 0.241 e. The third-order valence-electron chi connectivity index (χ3n) is 2.73. The predicted molar refractivity (Wildman–Crippen MR) is 50.6 cm³/mol. The minimum absolute atomic E-state index is 0.0320. The molecule has 78 valence electrons. The second-order valence-corrected chi connectivity index (χ2v) is 3.77. The van der Waals surface area contributed by atoms with Crippen LogP contribution in [-0.2, 0) is 9.59 Å². The monoisotopic (exact) mass is 197 g/mol. The summed E-state index contributed by atoms with van der Waals surface area (Å²) in [6, 6.07) is -0.217. The molecule has 0 aromatic carbocycles. The van der Waals surface area contributed by atoms with Crippen LogP contribution >= 0.6 is 0 Å². The van der Waals surface area contributed by atoms with Gasteiger partial charge in [0.05, 0.1) is 6.54 Å². The van der Waals surface area contributed by atoms with Crippen molar-refractivity contribution in [3.63, 3.8) is 0 Å². The van der Waals surface area contributed by atoms with Crippen LogP contribution in [0, 0.1) is 0 Å². The number of hydrogen-bond acceptors (Lipinski definition) is 3. The molecule has 0 saturated carbocycles. The molecule has 14 heavy (non-hydrogen) atoms. The van der Waals surface area contributed by atoms with Crippen LogP contribution in [0.2, 0.25) is 0 Å². The summed E-state index contributed by atoms with van der Waals surface area (Å²) < 4.78 is 0. The van der Waals surface area contributed by atoms with Crippen molar-refractivity contribution < 1.29 is 9.59 Å². The fourth-order valence-electron chi connectivity index (χ4n) is 1.90. The van der Waals surface area contributed by atoms with E-state index in [1.54, 1.807) is 0 Å². The van der Waals surface area contributed by atoms with E-state index in [9.17, 15) is 9.59 Å². The van der Waals surface area contributed by atoms with Crippen LogP contribution < -0.4 is 10.6 Å². The van der Waals surface area contributed by atoms with E-state index in [2.05, 4.69) is 10.6 Å². The molecule has 2 saturated heterocycles. The molecule has 5 nitrogen and oxygen atoms in total. The van der Waals surface area contributed by atoms with Crippen LogP contribution in [0.1, 0.15) is 12.8 Å². The first-order chi connectivity index (χ1) is 6.77. The van der Waals surface area contributed by atoms with Crippen molar-refractivity contribution in [3.8, 4) is 0 Å². The van der Waals surface area contributed by atoms with Gasteiger partial charge in [0.2, 0.25) is 11.8 Å². The van der Waals surface area contributed by atoms with E-state index >= 15 is 0 Å². The summed E-state index contributed by atoms with van der Waals surface area (Å²) in [4.78, 5) is 24.5. The summed E-state index contributed by atoms with van der Waals surface area (Å²) in [6.07, 6.45) is 2.20. The molecule has 5 heteroatoms. The van der Waals surface area contributed by atoms with Crippen LogP contribution in [-0.4, -0.2) is 48.9 Å². The second kappa shape index (κ2) is 3.96. The SMILES string of the molecule is O=C1CNC(C(=O)N2CCCC2)CN1. The summed E-state index contributed by atoms with van der Waals surface area (Å²) in [5, 5.41) is 5.63. The van der Waals surface area contributed by atoms with Crippen molar-refractivity contribution in [2.24, 2.45) is 0 Å². The lowest BCUT2D eigenvalue weighted by atomic mass is 10.2. The molecule has 1 unspecified atom stereocenters. The van der Waals surface area contributed by atoms with E-state index in [1.807, 2.05) is 4.90 Å². The molecule has 2 amide bonds. The lowest BCUT2D eigenvalue weighted by molar-refractivity contribution is -0.133. The highest BCUT2D eigenvalue weighted by Crippen LogP contribution is 2.09. The van der Waals surface area contributed by atoms with Crippen LogP contribution in [0.4, 0.5) is 0 Å². The number of amides is 2. The second-order valence-electron chi connectivity index (χ2n) is 3.77. The quantitative estimate of drug-likeness (QED) is 0.549. The molecule has 2 N–H and O–H groups in total. The van der Waals surface area contributed by atoms with E-state index < -0.39 is 0 Å². The molecular formula is C9H15N3O2. The number of hydrogen-bond donors (Lipinski definition) is 2. The fraction of sp³-hybridized carbons (Fsp3) is 0.778. The molecular weight excluding hydrogens is 182 g/mol. The van der Waals surface area contributed by atoms with Gasteiger partial charge in [0.15, 0.2) is 0 Å². The molecule has 0 aromatic heterocycles. The molecule has 0 bridgehead atoms. The predicted octanol–water partition coefficient (Wildman–Crippen LogP) is -1.30. The lowest BCUT2D eigenvalue weighted by Gasteiger charge is -2.27. The number of likely N-dealkylation sites (tertiary alicyclic amines) is 1. The molecule has 2 rings (SSSR count). The Labute approximate surface area is 82.8 Å². The maximum absolute atomic E-state index is 11.8. The first kappa shape index (κ1) is 9.45. The largest absolute Gasteiger partial charge is 0.353 e. The molecule has 2 fully saturated rings. The Morgan fingerprint density at radius 3 is 2.64 bits per heavy atom. The van der Waals surface area contributed by atoms with Crippen molar-refractivity contribution in [3.05, 3.63) is 0 Å². The van der Waals surface area contributed by atoms with E-state index in [4.69, 9.17) is 0 Å². The van der Waals surface area contributed by atoms with E-state index in [1.165, 1.54) is 0 Å². The van der Waals surface area contributed by atoms with Gasteiger partial charge < -0.3 is 10.2 Å². The number of carbonyl (C=O) groups excluding carboxylic acids is 2. The summed E-state index contributed by atoms with van der Waals surface area (Å²) in [6.45, 7) is 2.41. The lowest BCUT2D eigenvalue weighted by Crippen LogP contribution is -2.58. The van der Waals surface area contributed by atoms with Gasteiger partial charge in [-0.2, -0.15) is 0 Å². The van der Waals surface area contributed by atoms with Gasteiger partial charge in [-0.25, -0.2) is 0 Å². The Morgan fingerprint density at radius 2 is 2.07 bits per heavy atom. The van der Waals surface area contributed by atoms with Gasteiger partial charge >= 0.3 is 0 Å². The highest BCUT2D eigenvalue weighted by molar-refractivity contribution is 5.86. The van der Waals surface area contributed by atoms with Gasteiger partial charge in [0.25, 0.3) is 0 Å². The minimum atomic E-state index is -0.217. The number of piperazine rings is 1. The van der Waals surface area contributed by atoms with Gasteiger partial charge in [-0.1, -0.05) is 0 Å². The number of carbonyl (C=O) groups is 2. The van der Waals surface area contributed by atoms with Crippen LogP contribution in [0.3, 0.4) is 0 Å². The summed E-state index contributed by atoms with van der Waals surface area (Å²) in [5.41, 5.74) is 0. The topological polar surface area (TPSA) is 61.4 Å². The normalized spacial score (nSPS) is 27.6. The zero-order chi connectivity index (χ0) is 9.97. The van der Waals surface area contributed by atoms with Crippen LogP contribution in [0.15, 0.2) is 0 Å². The smallest absolute Gasteiger partial charge is 0.241 e. The average molecular weight is 197 g/mol. The first-order valence-electron chi connectivity index (χ1n) is 5.06. The highest BCUT2D eigenvalue weighted by Gasteiger charge is 2.28. The third-order valence-corrected chi connectivity index (χ3v) is 2.73. The Bertz CT molecular complexity index is 238. The molecule has 1 atom stereocenters. The zero-order valence-corrected chi connectivity index (χ0v) is 8.08. The van der Waals surface area contributed by atoms with E-state index in [-0.39, 0.29) is 24.4 Å². The van der Waals surface area contributed by atoms with Gasteiger partial charge in [-0.05, 0) is 12.8 Å². The maximum atomic E-state index is 11.8. The molecule has 0 aromatic rings. The molecule has 2 aliphatic heterocycles. The Morgan fingerprint density at radius 1 is 1.36 bits per heavy atom. The van der Waals surface area contributed by atoms with Gasteiger partial charge in [-0.15, -0.1) is 0 Å². The molecule has 0 aliphatic carbocycles. The van der Waals surface area contributed by atoms with Crippen LogP contribution in [0.25, 0.3) is 0 Å². The summed E-state index contributed by atoms with van der Waals surface area (Å²) in [5.74, 6) is 0.0953. The standard InChI is InChI=1S/C9H15N3O2/c13-8-6-10-7(5-11-8)9(14)12-3-1-2-4-12/h7,10H,1-6H2,(H,11,13). The third kappa shape index (κ3) is 1.87. The van der Waals surface area contributed by atoms with Gasteiger partial charge in [0.1, 0.15) is 6.04 Å². The summed E-state index contributed by atoms with van der Waals surface area (Å²) in [7, 11) is 0. The number of rotatable bonds is 1. The molecule has 2 heterocycles.